The fourth-order valence-electron chi connectivity index (χ4n) is 2.53. The highest BCUT2D eigenvalue weighted by Crippen LogP contribution is 2.38. The number of non-ortho nitro benzene ring substituents is 1. The lowest BCUT2D eigenvalue weighted by atomic mass is 9.82. The number of fused-ring (bicyclic) bond motifs is 1. The van der Waals surface area contributed by atoms with Gasteiger partial charge in [-0.15, -0.1) is 0 Å². The molecule has 1 aromatic rings. The molecule has 0 spiro atoms. The molecule has 0 aliphatic carbocycles. The molecule has 0 bridgehead atoms. The van der Waals surface area contributed by atoms with Crippen LogP contribution in [-0.2, 0) is 9.59 Å². The number of hydrogen-bond acceptors (Lipinski definition) is 6. The molecule has 7 nitrogen and oxygen atoms in total. The van der Waals surface area contributed by atoms with Crippen molar-refractivity contribution in [2.75, 3.05) is 26.0 Å². The van der Waals surface area contributed by atoms with Crippen molar-refractivity contribution >= 4 is 22.9 Å². The molecule has 0 fully saturated rings. The van der Waals surface area contributed by atoms with Crippen LogP contribution >= 0.6 is 0 Å². The second kappa shape index (κ2) is 5.97. The van der Waals surface area contributed by atoms with Gasteiger partial charge < -0.3 is 10.2 Å². The molecule has 0 saturated heterocycles. The predicted octanol–water partition coefficient (Wildman–Crippen LogP) is 1.71. The maximum atomic E-state index is 12.3. The van der Waals surface area contributed by atoms with Crippen LogP contribution in [0.5, 0.6) is 0 Å². The van der Waals surface area contributed by atoms with Crippen molar-refractivity contribution in [2.24, 2.45) is 0 Å². The third-order valence-corrected chi connectivity index (χ3v) is 3.44. The molecular formula is C15H17N3O4. The number of benzene rings is 1. The quantitative estimate of drug-likeness (QED) is 0.517. The molecule has 1 aromatic carbocycles. The van der Waals surface area contributed by atoms with Crippen LogP contribution < -0.4 is 5.32 Å². The van der Waals surface area contributed by atoms with Gasteiger partial charge in [-0.05, 0) is 17.2 Å². The molecule has 1 aliphatic rings. The molecule has 0 amide bonds. The number of hydrogen-bond donors (Lipinski definition) is 1. The van der Waals surface area contributed by atoms with E-state index < -0.39 is 22.4 Å². The number of nitro groups is 1. The molecule has 0 saturated carbocycles. The minimum absolute atomic E-state index is 0.104. The molecule has 7 heteroatoms. The van der Waals surface area contributed by atoms with E-state index in [1.165, 1.54) is 19.1 Å². The molecule has 116 valence electrons. The van der Waals surface area contributed by atoms with E-state index in [2.05, 4.69) is 5.32 Å². The standard InChI is InChI=1S/C15H17N3O4/c1-9(19)15(20)14-10(8-17(2)3)7-16-13-5-4-11(18(21)22)6-12(13)14/h4-6,8,14,16H,7H2,1-3H3/b10-8-. The highest BCUT2D eigenvalue weighted by Gasteiger charge is 2.34. The van der Waals surface area contributed by atoms with E-state index >= 15 is 0 Å². The lowest BCUT2D eigenvalue weighted by molar-refractivity contribution is -0.384. The van der Waals surface area contributed by atoms with E-state index in [4.69, 9.17) is 0 Å². The van der Waals surface area contributed by atoms with Crippen molar-refractivity contribution in [3.05, 3.63) is 45.6 Å². The number of nitro benzene ring substituents is 1. The monoisotopic (exact) mass is 303 g/mol. The van der Waals surface area contributed by atoms with Gasteiger partial charge in [0.25, 0.3) is 5.69 Å². The first-order valence-corrected chi connectivity index (χ1v) is 6.75. The van der Waals surface area contributed by atoms with Crippen molar-refractivity contribution in [3.8, 4) is 0 Å². The van der Waals surface area contributed by atoms with Crippen LogP contribution in [0.3, 0.4) is 0 Å². The van der Waals surface area contributed by atoms with Gasteiger partial charge in [-0.3, -0.25) is 19.7 Å². The second-order valence-electron chi connectivity index (χ2n) is 5.40. The first-order chi connectivity index (χ1) is 10.3. The van der Waals surface area contributed by atoms with Crippen molar-refractivity contribution < 1.29 is 14.5 Å². The highest BCUT2D eigenvalue weighted by atomic mass is 16.6. The van der Waals surface area contributed by atoms with Gasteiger partial charge in [0.15, 0.2) is 5.78 Å². The number of nitrogens with zero attached hydrogens (tertiary/aromatic N) is 2. The Morgan fingerprint density at radius 2 is 2.09 bits per heavy atom. The van der Waals surface area contributed by atoms with Crippen LogP contribution in [-0.4, -0.2) is 42.0 Å². The molecule has 1 unspecified atom stereocenters. The first kappa shape index (κ1) is 15.7. The van der Waals surface area contributed by atoms with Gasteiger partial charge in [0, 0.05) is 51.6 Å². The summed E-state index contributed by atoms with van der Waals surface area (Å²) < 4.78 is 0. The molecule has 22 heavy (non-hydrogen) atoms. The molecule has 1 N–H and O–H groups in total. The molecular weight excluding hydrogens is 286 g/mol. The Morgan fingerprint density at radius 1 is 1.41 bits per heavy atom. The minimum atomic E-state index is -0.781. The van der Waals surface area contributed by atoms with Gasteiger partial charge in [0.1, 0.15) is 0 Å². The third kappa shape index (κ3) is 2.98. The largest absolute Gasteiger partial charge is 0.383 e. The summed E-state index contributed by atoms with van der Waals surface area (Å²) in [6.45, 7) is 1.63. The molecule has 1 heterocycles. The van der Waals surface area contributed by atoms with Crippen molar-refractivity contribution in [1.29, 1.82) is 0 Å². The van der Waals surface area contributed by atoms with Crippen LogP contribution in [0.2, 0.25) is 0 Å². The summed E-state index contributed by atoms with van der Waals surface area (Å²) >= 11 is 0. The summed E-state index contributed by atoms with van der Waals surface area (Å²) in [5, 5.41) is 14.1. The smallest absolute Gasteiger partial charge is 0.269 e. The number of rotatable bonds is 4. The van der Waals surface area contributed by atoms with Gasteiger partial charge in [-0.2, -0.15) is 0 Å². The number of carbonyl (C=O) groups excluding carboxylic acids is 2. The second-order valence-corrected chi connectivity index (χ2v) is 5.40. The van der Waals surface area contributed by atoms with E-state index in [9.17, 15) is 19.7 Å². The number of Topliss-reactive ketones (excluding diaryl/α,β-unsaturated/α-hetero) is 2. The molecule has 0 aromatic heterocycles. The van der Waals surface area contributed by atoms with Crippen molar-refractivity contribution in [2.45, 2.75) is 12.8 Å². The molecule has 1 aliphatic heterocycles. The topological polar surface area (TPSA) is 92.6 Å². The Hall–Kier alpha value is -2.70. The van der Waals surface area contributed by atoms with Crippen molar-refractivity contribution in [3.63, 3.8) is 0 Å². The van der Waals surface area contributed by atoms with E-state index in [-0.39, 0.29) is 5.69 Å². The third-order valence-electron chi connectivity index (χ3n) is 3.44. The summed E-state index contributed by atoms with van der Waals surface area (Å²) in [6, 6.07) is 4.30. The van der Waals surface area contributed by atoms with Gasteiger partial charge in [-0.25, -0.2) is 0 Å². The SMILES string of the molecule is CC(=O)C(=O)C1/C(=C\N(C)C)CNc2ccc([N+](=O)[O-])cc21. The van der Waals surface area contributed by atoms with E-state index in [1.807, 2.05) is 14.1 Å². The predicted molar refractivity (Wildman–Crippen MR) is 81.8 cm³/mol. The zero-order chi connectivity index (χ0) is 16.4. The van der Waals surface area contributed by atoms with Gasteiger partial charge >= 0.3 is 0 Å². The maximum absolute atomic E-state index is 12.3. The summed E-state index contributed by atoms with van der Waals surface area (Å²) in [4.78, 5) is 36.1. The summed E-state index contributed by atoms with van der Waals surface area (Å²) in [5.74, 6) is -1.90. The summed E-state index contributed by atoms with van der Waals surface area (Å²) in [7, 11) is 3.62. The summed E-state index contributed by atoms with van der Waals surface area (Å²) in [6.07, 6.45) is 1.76. The maximum Gasteiger partial charge on any atom is 0.269 e. The van der Waals surface area contributed by atoms with Gasteiger partial charge in [0.2, 0.25) is 5.78 Å². The number of anilines is 1. The fourth-order valence-corrected chi connectivity index (χ4v) is 2.53. The minimum Gasteiger partial charge on any atom is -0.383 e. The van der Waals surface area contributed by atoms with Gasteiger partial charge in [0.05, 0.1) is 10.8 Å². The van der Waals surface area contributed by atoms with Gasteiger partial charge in [-0.1, -0.05) is 0 Å². The number of nitrogens with one attached hydrogen (secondary N) is 1. The van der Waals surface area contributed by atoms with Crippen LogP contribution in [0.1, 0.15) is 18.4 Å². The Labute approximate surface area is 127 Å². The average Bonchev–Trinajstić information content (AvgIpc) is 2.44. The number of ketones is 2. The lowest BCUT2D eigenvalue weighted by Gasteiger charge is -2.28. The summed E-state index contributed by atoms with van der Waals surface area (Å²) in [5.41, 5.74) is 1.71. The van der Waals surface area contributed by atoms with Crippen LogP contribution in [0.4, 0.5) is 11.4 Å². The normalized spacial score (nSPS) is 18.3. The fraction of sp³-hybridized carbons (Fsp3) is 0.333. The Morgan fingerprint density at radius 3 is 2.64 bits per heavy atom. The highest BCUT2D eigenvalue weighted by molar-refractivity contribution is 6.39. The van der Waals surface area contributed by atoms with Crippen molar-refractivity contribution in [1.82, 2.24) is 4.90 Å². The Balaban J connectivity index is 2.60. The van der Waals surface area contributed by atoms with E-state index in [0.29, 0.717) is 23.4 Å². The lowest BCUT2D eigenvalue weighted by Crippen LogP contribution is -2.30. The first-order valence-electron chi connectivity index (χ1n) is 6.75. The van der Waals surface area contributed by atoms with E-state index in [1.54, 1.807) is 17.2 Å². The zero-order valence-corrected chi connectivity index (χ0v) is 12.6. The van der Waals surface area contributed by atoms with Crippen LogP contribution in [0.25, 0.3) is 0 Å². The van der Waals surface area contributed by atoms with E-state index in [0.717, 1.165) is 0 Å². The number of carbonyl (C=O) groups is 2. The Kier molecular flexibility index (Phi) is 4.25. The molecule has 2 rings (SSSR count). The van der Waals surface area contributed by atoms with Crippen LogP contribution in [0, 0.1) is 10.1 Å². The Bertz CT molecular complexity index is 679. The average molecular weight is 303 g/mol. The zero-order valence-electron chi connectivity index (χ0n) is 12.6. The van der Waals surface area contributed by atoms with Crippen LogP contribution in [0.15, 0.2) is 30.0 Å². The molecule has 0 radical (unpaired) electrons. The molecule has 1 atom stereocenters.